The lowest BCUT2D eigenvalue weighted by Crippen LogP contribution is -2.02. The maximum atomic E-state index is 5.94. The van der Waals surface area contributed by atoms with Crippen LogP contribution in [0, 0.1) is 0 Å². The van der Waals surface area contributed by atoms with Crippen LogP contribution in [-0.4, -0.2) is 0 Å². The van der Waals surface area contributed by atoms with Gasteiger partial charge in [-0.15, -0.1) is 0 Å². The van der Waals surface area contributed by atoms with E-state index in [0.717, 1.165) is 5.56 Å². The highest BCUT2D eigenvalue weighted by Crippen LogP contribution is 2.30. The van der Waals surface area contributed by atoms with Gasteiger partial charge in [-0.2, -0.15) is 0 Å². The molecule has 0 saturated carbocycles. The van der Waals surface area contributed by atoms with Crippen LogP contribution in [0.2, 0.25) is 0 Å². The minimum absolute atomic E-state index is 0.0702. The van der Waals surface area contributed by atoms with Gasteiger partial charge in [0.2, 0.25) is 0 Å². The van der Waals surface area contributed by atoms with Crippen molar-refractivity contribution in [1.29, 1.82) is 0 Å². The zero-order valence-electron chi connectivity index (χ0n) is 9.71. The molecule has 2 atom stereocenters. The Morgan fingerprint density at radius 3 is 1.82 bits per heavy atom. The van der Waals surface area contributed by atoms with Crippen molar-refractivity contribution in [2.45, 2.75) is 18.0 Å². The number of hydrogen-bond acceptors (Lipinski definition) is 1. The van der Waals surface area contributed by atoms with Gasteiger partial charge >= 0.3 is 0 Å². The average Bonchev–Trinajstić information content (AvgIpc) is 2.40. The van der Waals surface area contributed by atoms with E-state index < -0.39 is 0 Å². The Hall–Kier alpha value is -1.12. The van der Waals surface area contributed by atoms with E-state index in [1.165, 1.54) is 5.56 Å². The van der Waals surface area contributed by atoms with E-state index in [2.05, 4.69) is 47.1 Å². The van der Waals surface area contributed by atoms with Gasteiger partial charge in [0.15, 0.2) is 0 Å². The molecule has 2 rings (SSSR count). The van der Waals surface area contributed by atoms with Crippen LogP contribution in [0.3, 0.4) is 0 Å². The number of alkyl halides is 1. The molecule has 2 aromatic carbocycles. The number of rotatable bonds is 4. The first kappa shape index (κ1) is 12.3. The highest BCUT2D eigenvalue weighted by atomic mass is 79.9. The summed E-state index contributed by atoms with van der Waals surface area (Å²) >= 11 is 3.56. The number of benzene rings is 2. The van der Waals surface area contributed by atoms with Crippen LogP contribution in [0.15, 0.2) is 60.7 Å². The fraction of sp³-hybridized carbons (Fsp3) is 0.200. The highest BCUT2D eigenvalue weighted by molar-refractivity contribution is 9.09. The molecule has 1 nitrogen and oxygen atoms in total. The largest absolute Gasteiger partial charge is 0.355 e. The summed E-state index contributed by atoms with van der Waals surface area (Å²) in [6.45, 7) is 2.06. The predicted octanol–water partition coefficient (Wildman–Crippen LogP) is 4.86. The molecular weight excluding hydrogens is 276 g/mol. The molecule has 2 aromatic rings. The third kappa shape index (κ3) is 3.42. The molecule has 88 valence electrons. The van der Waals surface area contributed by atoms with Gasteiger partial charge in [-0.05, 0) is 18.1 Å². The maximum Gasteiger partial charge on any atom is 0.138 e. The lowest BCUT2D eigenvalue weighted by molar-refractivity contribution is 0.0500. The van der Waals surface area contributed by atoms with E-state index in [0.29, 0.717) is 0 Å². The molecule has 0 aliphatic rings. The van der Waals surface area contributed by atoms with Crippen molar-refractivity contribution >= 4 is 15.9 Å². The summed E-state index contributed by atoms with van der Waals surface area (Å²) in [5.74, 6) is 0. The molecule has 2 unspecified atom stereocenters. The standard InChI is InChI=1S/C15H15BrO/c1-12(13-8-4-2-5-9-13)17-15(16)14-10-6-3-7-11-14/h2-12,15H,1H3. The molecule has 0 fully saturated rings. The molecular formula is C15H15BrO. The van der Waals surface area contributed by atoms with Crippen LogP contribution >= 0.6 is 15.9 Å². The van der Waals surface area contributed by atoms with Crippen LogP contribution in [-0.2, 0) is 4.74 Å². The Morgan fingerprint density at radius 2 is 1.29 bits per heavy atom. The third-order valence-corrected chi connectivity index (χ3v) is 3.40. The fourth-order valence-corrected chi connectivity index (χ4v) is 2.29. The number of hydrogen-bond donors (Lipinski definition) is 0. The van der Waals surface area contributed by atoms with Crippen molar-refractivity contribution in [2.75, 3.05) is 0 Å². The predicted molar refractivity (Wildman–Crippen MR) is 74.1 cm³/mol. The molecule has 0 radical (unpaired) electrons. The molecule has 0 heterocycles. The average molecular weight is 291 g/mol. The first-order valence-electron chi connectivity index (χ1n) is 5.67. The molecule has 0 spiro atoms. The summed E-state index contributed by atoms with van der Waals surface area (Å²) in [4.78, 5) is 0. The van der Waals surface area contributed by atoms with Crippen molar-refractivity contribution < 1.29 is 4.74 Å². The van der Waals surface area contributed by atoms with E-state index in [1.54, 1.807) is 0 Å². The molecule has 0 aromatic heterocycles. The molecule has 0 N–H and O–H groups in total. The first-order chi connectivity index (χ1) is 8.27. The monoisotopic (exact) mass is 290 g/mol. The van der Waals surface area contributed by atoms with E-state index in [-0.39, 0.29) is 11.1 Å². The molecule has 2 heteroatoms. The third-order valence-electron chi connectivity index (χ3n) is 2.65. The highest BCUT2D eigenvalue weighted by Gasteiger charge is 2.12. The molecule has 0 bridgehead atoms. The Morgan fingerprint density at radius 1 is 0.824 bits per heavy atom. The Bertz CT molecular complexity index is 397. The molecule has 0 saturated heterocycles. The van der Waals surface area contributed by atoms with E-state index in [4.69, 9.17) is 4.74 Å². The van der Waals surface area contributed by atoms with Crippen molar-refractivity contribution in [3.63, 3.8) is 0 Å². The molecule has 17 heavy (non-hydrogen) atoms. The second-order valence-corrected chi connectivity index (χ2v) is 4.75. The summed E-state index contributed by atoms with van der Waals surface area (Å²) in [6, 6.07) is 20.4. The van der Waals surface area contributed by atoms with Gasteiger partial charge in [0.1, 0.15) is 5.01 Å². The zero-order chi connectivity index (χ0) is 12.1. The minimum atomic E-state index is -0.0705. The number of ether oxygens (including phenoxy) is 1. The summed E-state index contributed by atoms with van der Waals surface area (Å²) in [5.41, 5.74) is 2.32. The Kier molecular flexibility index (Phi) is 4.35. The van der Waals surface area contributed by atoms with Crippen LogP contribution in [0.25, 0.3) is 0 Å². The van der Waals surface area contributed by atoms with Crippen LogP contribution < -0.4 is 0 Å². The quantitative estimate of drug-likeness (QED) is 0.731. The summed E-state index contributed by atoms with van der Waals surface area (Å²) in [5, 5.41) is -0.0705. The van der Waals surface area contributed by atoms with Crippen molar-refractivity contribution in [3.05, 3.63) is 71.8 Å². The number of halogens is 1. The molecule has 0 amide bonds. The zero-order valence-corrected chi connectivity index (χ0v) is 11.3. The maximum absolute atomic E-state index is 5.94. The second-order valence-electron chi connectivity index (χ2n) is 3.92. The van der Waals surface area contributed by atoms with Gasteiger partial charge < -0.3 is 4.74 Å². The van der Waals surface area contributed by atoms with E-state index in [1.807, 2.05) is 36.4 Å². The van der Waals surface area contributed by atoms with Crippen molar-refractivity contribution in [3.8, 4) is 0 Å². The lowest BCUT2D eigenvalue weighted by atomic mass is 10.1. The van der Waals surface area contributed by atoms with Gasteiger partial charge in [0, 0.05) is 0 Å². The van der Waals surface area contributed by atoms with Gasteiger partial charge in [0.05, 0.1) is 6.10 Å². The van der Waals surface area contributed by atoms with Gasteiger partial charge in [-0.25, -0.2) is 0 Å². The second kappa shape index (κ2) is 5.99. The van der Waals surface area contributed by atoms with Crippen molar-refractivity contribution in [1.82, 2.24) is 0 Å². The smallest absolute Gasteiger partial charge is 0.138 e. The summed E-state index contributed by atoms with van der Waals surface area (Å²) in [6.07, 6.45) is 0.0702. The SMILES string of the molecule is CC(OC(Br)c1ccccc1)c1ccccc1. The lowest BCUT2D eigenvalue weighted by Gasteiger charge is -2.18. The fourth-order valence-electron chi connectivity index (χ4n) is 1.66. The molecule has 0 aliphatic carbocycles. The van der Waals surface area contributed by atoms with E-state index >= 15 is 0 Å². The van der Waals surface area contributed by atoms with Crippen LogP contribution in [0.5, 0.6) is 0 Å². The van der Waals surface area contributed by atoms with Crippen LogP contribution in [0.1, 0.15) is 29.2 Å². The first-order valence-corrected chi connectivity index (χ1v) is 6.58. The van der Waals surface area contributed by atoms with Gasteiger partial charge in [-0.3, -0.25) is 0 Å². The normalized spacial score (nSPS) is 14.2. The summed E-state index contributed by atoms with van der Waals surface area (Å²) in [7, 11) is 0. The van der Waals surface area contributed by atoms with Gasteiger partial charge in [-0.1, -0.05) is 76.6 Å². The van der Waals surface area contributed by atoms with Gasteiger partial charge in [0.25, 0.3) is 0 Å². The summed E-state index contributed by atoms with van der Waals surface area (Å²) < 4.78 is 5.94. The molecule has 0 aliphatic heterocycles. The minimum Gasteiger partial charge on any atom is -0.355 e. The van der Waals surface area contributed by atoms with E-state index in [9.17, 15) is 0 Å². The Balaban J connectivity index is 2.02. The van der Waals surface area contributed by atoms with Crippen molar-refractivity contribution in [2.24, 2.45) is 0 Å². The van der Waals surface area contributed by atoms with Crippen LogP contribution in [0.4, 0.5) is 0 Å². The topological polar surface area (TPSA) is 9.23 Å². The Labute approximate surface area is 111 Å².